The minimum absolute atomic E-state index is 0.136. The van der Waals surface area contributed by atoms with Gasteiger partial charge in [-0.2, -0.15) is 0 Å². The Hall–Kier alpha value is -2.43. The molecule has 0 unspecified atom stereocenters. The molecule has 2 aliphatic rings. The van der Waals surface area contributed by atoms with Crippen molar-refractivity contribution in [2.75, 3.05) is 13.7 Å². The number of alkyl carbamates (subject to hydrolysis) is 2. The van der Waals surface area contributed by atoms with E-state index in [0.717, 1.165) is 4.90 Å². The number of carbonyl (C=O) groups excluding carboxylic acids is 3. The highest BCUT2D eigenvalue weighted by Gasteiger charge is 2.54. The first-order valence-electron chi connectivity index (χ1n) is 14.3. The van der Waals surface area contributed by atoms with E-state index >= 15 is 0 Å². The van der Waals surface area contributed by atoms with Gasteiger partial charge in [0.15, 0.2) is 6.29 Å². The summed E-state index contributed by atoms with van der Waals surface area (Å²) in [4.78, 5) is 39.0. The van der Waals surface area contributed by atoms with Gasteiger partial charge in [0.1, 0.15) is 46.8 Å². The van der Waals surface area contributed by atoms with Crippen molar-refractivity contribution in [2.24, 2.45) is 0 Å². The zero-order chi connectivity index (χ0) is 33.3. The van der Waals surface area contributed by atoms with E-state index in [4.69, 9.17) is 23.7 Å². The second-order valence-corrected chi connectivity index (χ2v) is 14.4. The molecule has 1 aliphatic heterocycles. The second kappa shape index (κ2) is 13.3. The third kappa shape index (κ3) is 10.6. The first kappa shape index (κ1) is 36.8. The van der Waals surface area contributed by atoms with Gasteiger partial charge in [-0.1, -0.05) is 0 Å². The van der Waals surface area contributed by atoms with E-state index in [9.17, 15) is 34.8 Å². The normalized spacial score (nSPS) is 33.7. The van der Waals surface area contributed by atoms with Crippen molar-refractivity contribution in [1.82, 2.24) is 15.5 Å². The van der Waals surface area contributed by atoms with Crippen LogP contribution < -0.4 is 10.6 Å². The third-order valence-corrected chi connectivity index (χ3v) is 6.58. The molecule has 15 heteroatoms. The molecule has 0 aromatic heterocycles. The summed E-state index contributed by atoms with van der Waals surface area (Å²) in [6.07, 6.45) is -10.5. The van der Waals surface area contributed by atoms with Crippen LogP contribution >= 0.6 is 0 Å². The fraction of sp³-hybridized carbons (Fsp3) is 0.893. The number of likely N-dealkylation sites (N-methyl/N-ethyl adjacent to an activating group) is 1. The number of carbonyl (C=O) groups is 3. The third-order valence-electron chi connectivity index (χ3n) is 6.58. The van der Waals surface area contributed by atoms with E-state index in [0.29, 0.717) is 0 Å². The quantitative estimate of drug-likeness (QED) is 0.238. The number of nitrogens with one attached hydrogen (secondary N) is 2. The van der Waals surface area contributed by atoms with Crippen LogP contribution in [0.5, 0.6) is 0 Å². The first-order chi connectivity index (χ1) is 19.3. The summed E-state index contributed by atoms with van der Waals surface area (Å²) in [5.41, 5.74) is -4.28. The number of hydrogen-bond donors (Lipinski definition) is 6. The zero-order valence-corrected chi connectivity index (χ0v) is 27.0. The molecule has 1 saturated heterocycles. The average Bonchev–Trinajstić information content (AvgIpc) is 2.77. The number of ether oxygens (including phenoxy) is 5. The number of rotatable bonds is 5. The standard InChI is InChI=1S/C28H51N3O12/c1-25(2,3)41-22(35)29-14-12-15(30-23(36)42-26(4,5)6)19(17(33)16(14)32)40-21-18(34)20(28(10,38)13-39-21)31(11)24(37)43-27(7,8)9/h14-21,32-34,38H,12-13H2,1-11H3,(H,29,35)(H,30,36)/t14-,15+,16+,17-,18+,19+,20+,21+,28-/m0/s1. The van der Waals surface area contributed by atoms with Gasteiger partial charge in [0.25, 0.3) is 0 Å². The summed E-state index contributed by atoms with van der Waals surface area (Å²) < 4.78 is 27.6. The van der Waals surface area contributed by atoms with Crippen LogP contribution in [-0.4, -0.2) is 128 Å². The number of nitrogens with zero attached hydrogens (tertiary/aromatic N) is 1. The summed E-state index contributed by atoms with van der Waals surface area (Å²) >= 11 is 0. The SMILES string of the molecule is CN(C(=O)OC(C)(C)C)[C@@H]1[C@@H](O)[C@@H](O[C@H]2[C@@H](O)[C@H](O)[C@@H](NC(=O)OC(C)(C)C)C[C@H]2NC(=O)OC(C)(C)C)OC[C@]1(C)O. The molecule has 9 atom stereocenters. The predicted octanol–water partition coefficient (Wildman–Crippen LogP) is 0.987. The number of aliphatic hydroxyl groups excluding tert-OH is 3. The van der Waals surface area contributed by atoms with Gasteiger partial charge in [0.05, 0.1) is 24.7 Å². The van der Waals surface area contributed by atoms with Crippen LogP contribution in [0.4, 0.5) is 14.4 Å². The zero-order valence-electron chi connectivity index (χ0n) is 27.0. The minimum Gasteiger partial charge on any atom is -0.444 e. The van der Waals surface area contributed by atoms with Crippen LogP contribution in [0, 0.1) is 0 Å². The Balaban J connectivity index is 2.33. The molecule has 0 aromatic carbocycles. The number of hydrogen-bond acceptors (Lipinski definition) is 12. The van der Waals surface area contributed by atoms with E-state index in [1.807, 2.05) is 0 Å². The lowest BCUT2D eigenvalue weighted by Gasteiger charge is -2.49. The smallest absolute Gasteiger partial charge is 0.410 e. The Morgan fingerprint density at radius 1 is 0.791 bits per heavy atom. The van der Waals surface area contributed by atoms with E-state index in [1.165, 1.54) is 14.0 Å². The highest BCUT2D eigenvalue weighted by Crippen LogP contribution is 2.33. The van der Waals surface area contributed by atoms with Crippen LogP contribution in [0.3, 0.4) is 0 Å². The van der Waals surface area contributed by atoms with Gasteiger partial charge in [-0.15, -0.1) is 0 Å². The Bertz CT molecular complexity index is 987. The van der Waals surface area contributed by atoms with Gasteiger partial charge in [-0.25, -0.2) is 14.4 Å². The van der Waals surface area contributed by atoms with Gasteiger partial charge >= 0.3 is 18.3 Å². The molecule has 15 nitrogen and oxygen atoms in total. The summed E-state index contributed by atoms with van der Waals surface area (Å²) in [7, 11) is 1.35. The molecular weight excluding hydrogens is 570 g/mol. The van der Waals surface area contributed by atoms with Gasteiger partial charge < -0.3 is 59.6 Å². The summed E-state index contributed by atoms with van der Waals surface area (Å²) in [5, 5.41) is 49.5. The highest BCUT2D eigenvalue weighted by molar-refractivity contribution is 5.69. The van der Waals surface area contributed by atoms with Crippen LogP contribution in [0.1, 0.15) is 75.7 Å². The van der Waals surface area contributed by atoms with Crippen LogP contribution in [0.25, 0.3) is 0 Å². The maximum absolute atomic E-state index is 12.8. The van der Waals surface area contributed by atoms with Gasteiger partial charge in [0.2, 0.25) is 0 Å². The molecule has 43 heavy (non-hydrogen) atoms. The molecular formula is C28H51N3O12. The fourth-order valence-electron chi connectivity index (χ4n) is 4.92. The van der Waals surface area contributed by atoms with Gasteiger partial charge in [-0.3, -0.25) is 0 Å². The van der Waals surface area contributed by atoms with Gasteiger partial charge in [0, 0.05) is 7.05 Å². The molecule has 0 radical (unpaired) electrons. The molecule has 0 bridgehead atoms. The first-order valence-corrected chi connectivity index (χ1v) is 14.3. The van der Waals surface area contributed by atoms with E-state index in [2.05, 4.69) is 10.6 Å². The molecule has 1 saturated carbocycles. The largest absolute Gasteiger partial charge is 0.444 e. The lowest BCUT2D eigenvalue weighted by molar-refractivity contribution is -0.305. The molecule has 2 rings (SSSR count). The lowest BCUT2D eigenvalue weighted by atomic mass is 9.83. The monoisotopic (exact) mass is 621 g/mol. The molecule has 6 N–H and O–H groups in total. The van der Waals surface area contributed by atoms with Crippen molar-refractivity contribution < 1.29 is 58.5 Å². The molecule has 0 aromatic rings. The van der Waals surface area contributed by atoms with Crippen LogP contribution in [0.15, 0.2) is 0 Å². The number of amides is 3. The fourth-order valence-corrected chi connectivity index (χ4v) is 4.92. The molecule has 0 spiro atoms. The Labute approximate surface area is 253 Å². The van der Waals surface area contributed by atoms with Crippen molar-refractivity contribution in [3.05, 3.63) is 0 Å². The van der Waals surface area contributed by atoms with Crippen molar-refractivity contribution in [3.8, 4) is 0 Å². The van der Waals surface area contributed by atoms with E-state index < -0.39 is 89.5 Å². The topological polar surface area (TPSA) is 206 Å². The van der Waals surface area contributed by atoms with E-state index in [-0.39, 0.29) is 13.0 Å². The summed E-state index contributed by atoms with van der Waals surface area (Å²) in [5.74, 6) is 0. The van der Waals surface area contributed by atoms with Crippen LogP contribution in [0.2, 0.25) is 0 Å². The number of aliphatic hydroxyl groups is 4. The molecule has 3 amide bonds. The Morgan fingerprint density at radius 3 is 1.72 bits per heavy atom. The molecule has 2 fully saturated rings. The van der Waals surface area contributed by atoms with Gasteiger partial charge in [-0.05, 0) is 75.7 Å². The lowest BCUT2D eigenvalue weighted by Crippen LogP contribution is -2.70. The van der Waals surface area contributed by atoms with Crippen LogP contribution in [-0.2, 0) is 23.7 Å². The highest BCUT2D eigenvalue weighted by atomic mass is 16.7. The molecule has 1 aliphatic carbocycles. The Morgan fingerprint density at radius 2 is 1.26 bits per heavy atom. The summed E-state index contributed by atoms with van der Waals surface area (Å²) in [6, 6.07) is -3.42. The summed E-state index contributed by atoms with van der Waals surface area (Å²) in [6.45, 7) is 16.0. The van der Waals surface area contributed by atoms with Crippen molar-refractivity contribution >= 4 is 18.3 Å². The minimum atomic E-state index is -1.73. The second-order valence-electron chi connectivity index (χ2n) is 14.4. The van der Waals surface area contributed by atoms with Crippen molar-refractivity contribution in [2.45, 2.75) is 147 Å². The average molecular weight is 622 g/mol. The van der Waals surface area contributed by atoms with E-state index in [1.54, 1.807) is 62.3 Å². The predicted molar refractivity (Wildman–Crippen MR) is 152 cm³/mol. The maximum Gasteiger partial charge on any atom is 0.410 e. The Kier molecular flexibility index (Phi) is 11.4. The van der Waals surface area contributed by atoms with Crippen molar-refractivity contribution in [3.63, 3.8) is 0 Å². The molecule has 250 valence electrons. The molecule has 1 heterocycles. The van der Waals surface area contributed by atoms with Crippen molar-refractivity contribution in [1.29, 1.82) is 0 Å². The maximum atomic E-state index is 12.8.